The highest BCUT2D eigenvalue weighted by atomic mass is 35.5. The number of ether oxygens (including phenoxy) is 1. The third-order valence-electron chi connectivity index (χ3n) is 1.69. The summed E-state index contributed by atoms with van der Waals surface area (Å²) >= 11 is 7.01. The highest BCUT2D eigenvalue weighted by Crippen LogP contribution is 2.23. The molecule has 90 valence electrons. The van der Waals surface area contributed by atoms with Gasteiger partial charge in [-0.25, -0.2) is 0 Å². The summed E-state index contributed by atoms with van der Waals surface area (Å²) < 4.78 is 6.93. The van der Waals surface area contributed by atoms with Crippen molar-refractivity contribution in [3.8, 4) is 6.01 Å². The second-order valence-corrected chi connectivity index (χ2v) is 4.20. The second kappa shape index (κ2) is 5.28. The van der Waals surface area contributed by atoms with E-state index < -0.39 is 0 Å². The molecule has 0 bridgehead atoms. The average molecular weight is 273 g/mol. The molecule has 0 aliphatic rings. The van der Waals surface area contributed by atoms with Crippen molar-refractivity contribution in [2.45, 2.75) is 17.2 Å². The van der Waals surface area contributed by atoms with Crippen LogP contribution in [0.5, 0.6) is 6.01 Å². The predicted octanol–water partition coefficient (Wildman–Crippen LogP) is 1.20. The number of hydrogen-bond acceptors (Lipinski definition) is 7. The normalized spacial score (nSPS) is 10.5. The summed E-state index contributed by atoms with van der Waals surface area (Å²) in [6, 6.07) is 0.206. The Bertz CT molecular complexity index is 518. The van der Waals surface area contributed by atoms with Crippen molar-refractivity contribution >= 4 is 23.4 Å². The SMILES string of the molecule is CCOc1nc(Cl)nc(Sc2nncn2C)n1. The molecule has 2 heterocycles. The van der Waals surface area contributed by atoms with Crippen LogP contribution in [0.4, 0.5) is 0 Å². The number of hydrogen-bond donors (Lipinski definition) is 0. The fourth-order valence-electron chi connectivity index (χ4n) is 1.00. The summed E-state index contributed by atoms with van der Waals surface area (Å²) in [4.78, 5) is 11.9. The number of aromatic nitrogens is 6. The van der Waals surface area contributed by atoms with E-state index in [1.54, 1.807) is 10.9 Å². The highest BCUT2D eigenvalue weighted by Gasteiger charge is 2.10. The lowest BCUT2D eigenvalue weighted by Crippen LogP contribution is -2.01. The van der Waals surface area contributed by atoms with Crippen molar-refractivity contribution in [2.24, 2.45) is 7.05 Å². The Morgan fingerprint density at radius 1 is 1.41 bits per heavy atom. The van der Waals surface area contributed by atoms with E-state index in [9.17, 15) is 0 Å². The van der Waals surface area contributed by atoms with Crippen molar-refractivity contribution in [1.29, 1.82) is 0 Å². The van der Waals surface area contributed by atoms with Crippen LogP contribution in [0.3, 0.4) is 0 Å². The molecule has 0 unspecified atom stereocenters. The molecule has 0 aliphatic heterocycles. The van der Waals surface area contributed by atoms with Crippen LogP contribution in [0.2, 0.25) is 5.28 Å². The van der Waals surface area contributed by atoms with Crippen LogP contribution in [0.15, 0.2) is 16.6 Å². The van der Waals surface area contributed by atoms with Gasteiger partial charge in [0.2, 0.25) is 10.4 Å². The van der Waals surface area contributed by atoms with E-state index in [0.717, 1.165) is 0 Å². The molecule has 0 spiro atoms. The van der Waals surface area contributed by atoms with Gasteiger partial charge in [0.05, 0.1) is 6.61 Å². The zero-order valence-corrected chi connectivity index (χ0v) is 10.7. The minimum atomic E-state index is 0.0909. The van der Waals surface area contributed by atoms with Crippen molar-refractivity contribution in [3.05, 3.63) is 11.6 Å². The smallest absolute Gasteiger partial charge is 0.321 e. The lowest BCUT2D eigenvalue weighted by atomic mass is 10.9. The minimum Gasteiger partial charge on any atom is -0.464 e. The van der Waals surface area contributed by atoms with Crippen molar-refractivity contribution < 1.29 is 4.74 Å². The molecule has 0 radical (unpaired) electrons. The molecule has 0 aliphatic carbocycles. The van der Waals surface area contributed by atoms with E-state index in [0.29, 0.717) is 16.9 Å². The second-order valence-electron chi connectivity index (χ2n) is 2.93. The maximum atomic E-state index is 5.77. The molecule has 0 N–H and O–H groups in total. The van der Waals surface area contributed by atoms with Crippen molar-refractivity contribution in [1.82, 2.24) is 29.7 Å². The number of aryl methyl sites for hydroxylation is 1. The summed E-state index contributed by atoms with van der Waals surface area (Å²) in [7, 11) is 1.83. The predicted molar refractivity (Wildman–Crippen MR) is 61.1 cm³/mol. The summed E-state index contributed by atoms with van der Waals surface area (Å²) in [6.07, 6.45) is 1.59. The Morgan fingerprint density at radius 3 is 2.88 bits per heavy atom. The van der Waals surface area contributed by atoms with E-state index in [-0.39, 0.29) is 11.3 Å². The molecule has 0 fully saturated rings. The molecular weight excluding hydrogens is 264 g/mol. The third-order valence-corrected chi connectivity index (χ3v) is 2.78. The van der Waals surface area contributed by atoms with Crippen LogP contribution in [-0.2, 0) is 7.05 Å². The number of nitrogens with zero attached hydrogens (tertiary/aromatic N) is 6. The monoisotopic (exact) mass is 272 g/mol. The van der Waals surface area contributed by atoms with Crippen LogP contribution >= 0.6 is 23.4 Å². The van der Waals surface area contributed by atoms with E-state index in [1.807, 2.05) is 14.0 Å². The van der Waals surface area contributed by atoms with Crippen LogP contribution in [0, 0.1) is 0 Å². The molecule has 0 amide bonds. The van der Waals surface area contributed by atoms with Crippen LogP contribution < -0.4 is 4.74 Å². The zero-order chi connectivity index (χ0) is 12.3. The van der Waals surface area contributed by atoms with Gasteiger partial charge in [0.1, 0.15) is 6.33 Å². The van der Waals surface area contributed by atoms with E-state index in [4.69, 9.17) is 16.3 Å². The zero-order valence-electron chi connectivity index (χ0n) is 9.16. The van der Waals surface area contributed by atoms with E-state index in [2.05, 4.69) is 25.1 Å². The van der Waals surface area contributed by atoms with Crippen LogP contribution in [0.1, 0.15) is 6.92 Å². The molecule has 7 nitrogen and oxygen atoms in total. The minimum absolute atomic E-state index is 0.0909. The highest BCUT2D eigenvalue weighted by molar-refractivity contribution is 7.99. The molecule has 0 saturated heterocycles. The Morgan fingerprint density at radius 2 is 2.24 bits per heavy atom. The standard InChI is InChI=1S/C8H9ClN6OS/c1-3-16-6-11-5(9)12-7(13-6)17-8-14-10-4-15(8)2/h4H,3H2,1-2H3. The molecule has 17 heavy (non-hydrogen) atoms. The van der Waals surface area contributed by atoms with Gasteiger partial charge in [-0.2, -0.15) is 15.0 Å². The fraction of sp³-hybridized carbons (Fsp3) is 0.375. The number of rotatable bonds is 4. The largest absolute Gasteiger partial charge is 0.464 e. The average Bonchev–Trinajstić information content (AvgIpc) is 2.64. The quantitative estimate of drug-likeness (QED) is 0.827. The lowest BCUT2D eigenvalue weighted by Gasteiger charge is -2.03. The molecule has 9 heteroatoms. The van der Waals surface area contributed by atoms with Gasteiger partial charge >= 0.3 is 6.01 Å². The van der Waals surface area contributed by atoms with E-state index in [1.165, 1.54) is 11.8 Å². The Labute approximate surface area is 107 Å². The van der Waals surface area contributed by atoms with Crippen molar-refractivity contribution in [3.63, 3.8) is 0 Å². The van der Waals surface area contributed by atoms with Gasteiger partial charge in [0.25, 0.3) is 0 Å². The van der Waals surface area contributed by atoms with Crippen molar-refractivity contribution in [2.75, 3.05) is 6.61 Å². The third kappa shape index (κ3) is 3.04. The maximum absolute atomic E-state index is 5.77. The Hall–Kier alpha value is -1.41. The molecule has 2 aromatic heterocycles. The first-order valence-corrected chi connectivity index (χ1v) is 5.94. The van der Waals surface area contributed by atoms with Gasteiger partial charge in [-0.1, -0.05) is 0 Å². The lowest BCUT2D eigenvalue weighted by molar-refractivity contribution is 0.307. The molecule has 0 aromatic carbocycles. The van der Waals surface area contributed by atoms with Gasteiger partial charge < -0.3 is 9.30 Å². The van der Waals surface area contributed by atoms with Gasteiger partial charge in [-0.05, 0) is 30.3 Å². The molecule has 0 saturated carbocycles. The first kappa shape index (κ1) is 12.1. The van der Waals surface area contributed by atoms with Gasteiger partial charge in [-0.15, -0.1) is 10.2 Å². The first-order chi connectivity index (χ1) is 8.19. The van der Waals surface area contributed by atoms with Gasteiger partial charge in [-0.3, -0.25) is 0 Å². The summed E-state index contributed by atoms with van der Waals surface area (Å²) in [6.45, 7) is 2.31. The van der Waals surface area contributed by atoms with E-state index >= 15 is 0 Å². The Kier molecular flexibility index (Phi) is 3.75. The maximum Gasteiger partial charge on any atom is 0.321 e. The summed E-state index contributed by atoms with van der Waals surface area (Å²) in [5, 5.41) is 8.84. The fourth-order valence-corrected chi connectivity index (χ4v) is 1.90. The Balaban J connectivity index is 2.23. The topological polar surface area (TPSA) is 78.6 Å². The summed E-state index contributed by atoms with van der Waals surface area (Å²) in [5.41, 5.74) is 0. The molecular formula is C8H9ClN6OS. The summed E-state index contributed by atoms with van der Waals surface area (Å²) in [5.74, 6) is 0. The molecule has 2 aromatic rings. The number of halogens is 1. The van der Waals surface area contributed by atoms with Gasteiger partial charge in [0.15, 0.2) is 5.16 Å². The van der Waals surface area contributed by atoms with Crippen LogP contribution in [0.25, 0.3) is 0 Å². The van der Waals surface area contributed by atoms with Crippen LogP contribution in [-0.4, -0.2) is 36.3 Å². The first-order valence-electron chi connectivity index (χ1n) is 4.75. The molecule has 0 atom stereocenters. The molecule has 2 rings (SSSR count). The van der Waals surface area contributed by atoms with Gasteiger partial charge in [0, 0.05) is 7.05 Å².